The van der Waals surface area contributed by atoms with Crippen molar-refractivity contribution < 1.29 is 37.0 Å². The Hall–Kier alpha value is -3.54. The summed E-state index contributed by atoms with van der Waals surface area (Å²) in [6.07, 6.45) is -3.12. The number of carbonyl (C=O) groups is 2. The van der Waals surface area contributed by atoms with Crippen LogP contribution in [0.2, 0.25) is 0 Å². The zero-order valence-electron chi connectivity index (χ0n) is 18.7. The summed E-state index contributed by atoms with van der Waals surface area (Å²) in [7, 11) is 0. The second-order valence-corrected chi connectivity index (χ2v) is 7.89. The minimum absolute atomic E-state index is 0.0846. The van der Waals surface area contributed by atoms with Gasteiger partial charge >= 0.3 is 12.5 Å². The number of rotatable bonds is 7. The summed E-state index contributed by atoms with van der Waals surface area (Å²) < 4.78 is 53.7. The van der Waals surface area contributed by atoms with Crippen molar-refractivity contribution >= 4 is 12.0 Å². The molecule has 2 N–H and O–H groups in total. The van der Waals surface area contributed by atoms with Gasteiger partial charge in [0.05, 0.1) is 17.9 Å². The molecular formula is C22H25F3N4O5. The Morgan fingerprint density at radius 1 is 1.09 bits per heavy atom. The normalized spacial score (nSPS) is 14.7. The number of ether oxygens (including phenoxy) is 3. The highest BCUT2D eigenvalue weighted by Crippen LogP contribution is 2.31. The summed E-state index contributed by atoms with van der Waals surface area (Å²) in [5, 5.41) is 0. The number of nitrogens with zero attached hydrogens (tertiary/aromatic N) is 3. The van der Waals surface area contributed by atoms with Crippen molar-refractivity contribution in [1.82, 2.24) is 14.8 Å². The van der Waals surface area contributed by atoms with Crippen LogP contribution in [-0.2, 0) is 6.54 Å². The van der Waals surface area contributed by atoms with Gasteiger partial charge in [-0.15, -0.1) is 13.2 Å². The van der Waals surface area contributed by atoms with E-state index in [1.807, 2.05) is 4.90 Å². The van der Waals surface area contributed by atoms with Gasteiger partial charge in [-0.3, -0.25) is 14.7 Å². The van der Waals surface area contributed by atoms with E-state index < -0.39 is 18.4 Å². The number of nitrogens with two attached hydrogens (primary N) is 1. The molecule has 0 unspecified atom stereocenters. The molecule has 184 valence electrons. The second kappa shape index (κ2) is 10.6. The highest BCUT2D eigenvalue weighted by molar-refractivity contribution is 5.92. The third-order valence-electron chi connectivity index (χ3n) is 4.86. The average Bonchev–Trinajstić information content (AvgIpc) is 2.74. The summed E-state index contributed by atoms with van der Waals surface area (Å²) in [4.78, 5) is 30.8. The molecule has 1 fully saturated rings. The van der Waals surface area contributed by atoms with Gasteiger partial charge in [0, 0.05) is 50.6 Å². The summed E-state index contributed by atoms with van der Waals surface area (Å²) in [6.45, 7) is 5.15. The lowest BCUT2D eigenvalue weighted by atomic mass is 10.1. The number of piperazine rings is 1. The Bertz CT molecular complexity index is 1020. The molecule has 0 bridgehead atoms. The number of halogens is 3. The molecule has 0 saturated carbocycles. The maximum atomic E-state index is 12.9. The van der Waals surface area contributed by atoms with Crippen molar-refractivity contribution in [2.45, 2.75) is 32.9 Å². The largest absolute Gasteiger partial charge is 0.573 e. The van der Waals surface area contributed by atoms with Crippen LogP contribution < -0.4 is 19.9 Å². The molecule has 0 atom stereocenters. The van der Waals surface area contributed by atoms with E-state index in [-0.39, 0.29) is 35.5 Å². The summed E-state index contributed by atoms with van der Waals surface area (Å²) in [5.41, 5.74) is 5.65. The number of pyridine rings is 1. The van der Waals surface area contributed by atoms with Gasteiger partial charge in [0.1, 0.15) is 11.5 Å². The molecule has 12 heteroatoms. The van der Waals surface area contributed by atoms with Crippen LogP contribution in [0.3, 0.4) is 0 Å². The maximum absolute atomic E-state index is 12.9. The molecule has 34 heavy (non-hydrogen) atoms. The van der Waals surface area contributed by atoms with E-state index in [2.05, 4.69) is 9.72 Å². The summed E-state index contributed by atoms with van der Waals surface area (Å²) in [5.74, 6) is -0.659. The third-order valence-corrected chi connectivity index (χ3v) is 4.86. The predicted octanol–water partition coefficient (Wildman–Crippen LogP) is 3.18. The Morgan fingerprint density at radius 3 is 2.41 bits per heavy atom. The molecule has 2 aromatic rings. The smallest absolute Gasteiger partial charge is 0.491 e. The number of carbonyl (C=O) groups excluding carboxylic acids is 2. The minimum Gasteiger partial charge on any atom is -0.491 e. The predicted molar refractivity (Wildman–Crippen MR) is 115 cm³/mol. The molecule has 1 aromatic carbocycles. The van der Waals surface area contributed by atoms with Crippen molar-refractivity contribution in [3.8, 4) is 17.2 Å². The first kappa shape index (κ1) is 25.1. The average molecular weight is 482 g/mol. The second-order valence-electron chi connectivity index (χ2n) is 7.89. The van der Waals surface area contributed by atoms with Crippen LogP contribution in [-0.4, -0.2) is 65.4 Å². The van der Waals surface area contributed by atoms with Gasteiger partial charge in [-0.2, -0.15) is 0 Å². The highest BCUT2D eigenvalue weighted by Gasteiger charge is 2.33. The Labute approximate surface area is 194 Å². The molecule has 1 aliphatic rings. The van der Waals surface area contributed by atoms with E-state index in [9.17, 15) is 22.8 Å². The van der Waals surface area contributed by atoms with E-state index in [4.69, 9.17) is 15.2 Å². The molecule has 1 aliphatic heterocycles. The molecule has 1 saturated heterocycles. The Morgan fingerprint density at radius 2 is 1.79 bits per heavy atom. The number of hydrogen-bond donors (Lipinski definition) is 1. The van der Waals surface area contributed by atoms with Crippen LogP contribution in [0.1, 0.15) is 29.8 Å². The number of alkyl halides is 3. The van der Waals surface area contributed by atoms with Crippen LogP contribution >= 0.6 is 0 Å². The quantitative estimate of drug-likeness (QED) is 0.646. The van der Waals surface area contributed by atoms with Crippen LogP contribution in [0.5, 0.6) is 17.2 Å². The van der Waals surface area contributed by atoms with E-state index >= 15 is 0 Å². The van der Waals surface area contributed by atoms with Gasteiger partial charge in [0.25, 0.3) is 0 Å². The number of primary amides is 1. The molecule has 2 amide bonds. The zero-order valence-corrected chi connectivity index (χ0v) is 18.7. The molecule has 1 aromatic heterocycles. The molecule has 0 radical (unpaired) electrons. The number of benzene rings is 1. The van der Waals surface area contributed by atoms with Gasteiger partial charge < -0.3 is 24.8 Å². The monoisotopic (exact) mass is 482 g/mol. The molecule has 0 spiro atoms. The van der Waals surface area contributed by atoms with Crippen LogP contribution in [0.25, 0.3) is 0 Å². The maximum Gasteiger partial charge on any atom is 0.573 e. The van der Waals surface area contributed by atoms with Gasteiger partial charge in [-0.25, -0.2) is 4.79 Å². The lowest BCUT2D eigenvalue weighted by Gasteiger charge is -2.34. The molecular weight excluding hydrogens is 457 g/mol. The highest BCUT2D eigenvalue weighted by atomic mass is 19.4. The number of aromatic nitrogens is 1. The first-order chi connectivity index (χ1) is 16.0. The van der Waals surface area contributed by atoms with Crippen molar-refractivity contribution in [2.75, 3.05) is 26.2 Å². The number of amides is 2. The van der Waals surface area contributed by atoms with Gasteiger partial charge in [-0.1, -0.05) is 6.07 Å². The minimum atomic E-state index is -4.84. The topological polar surface area (TPSA) is 107 Å². The van der Waals surface area contributed by atoms with E-state index in [1.165, 1.54) is 35.5 Å². The van der Waals surface area contributed by atoms with E-state index in [0.717, 1.165) is 0 Å². The van der Waals surface area contributed by atoms with Gasteiger partial charge in [0.2, 0.25) is 5.91 Å². The van der Waals surface area contributed by atoms with E-state index in [1.54, 1.807) is 19.9 Å². The van der Waals surface area contributed by atoms with Gasteiger partial charge in [-0.05, 0) is 26.0 Å². The fourth-order valence-corrected chi connectivity index (χ4v) is 3.33. The first-order valence-electron chi connectivity index (χ1n) is 10.5. The third kappa shape index (κ3) is 7.24. The fraction of sp³-hybridized carbons (Fsp3) is 0.409. The van der Waals surface area contributed by atoms with Crippen molar-refractivity contribution in [2.24, 2.45) is 5.73 Å². The molecule has 3 rings (SSSR count). The van der Waals surface area contributed by atoms with Crippen LogP contribution in [0, 0.1) is 0 Å². The number of hydrogen-bond acceptors (Lipinski definition) is 7. The van der Waals surface area contributed by atoms with Crippen molar-refractivity contribution in [1.29, 1.82) is 0 Å². The summed E-state index contributed by atoms with van der Waals surface area (Å²) in [6, 6.07) is 5.68. The van der Waals surface area contributed by atoms with Crippen LogP contribution in [0.15, 0.2) is 36.7 Å². The molecule has 0 aliphatic carbocycles. The SMILES string of the molecule is CC(C)Oc1ccc(CN2CCN(C(=O)Oc3cncc(C(N)=O)c3)CC2)c(OC(F)(F)F)c1. The van der Waals surface area contributed by atoms with E-state index in [0.29, 0.717) is 31.7 Å². The Kier molecular flexibility index (Phi) is 7.82. The summed E-state index contributed by atoms with van der Waals surface area (Å²) >= 11 is 0. The molecule has 9 nitrogen and oxygen atoms in total. The fourth-order valence-electron chi connectivity index (χ4n) is 3.33. The van der Waals surface area contributed by atoms with Crippen molar-refractivity contribution in [3.63, 3.8) is 0 Å². The zero-order chi connectivity index (χ0) is 24.9. The van der Waals surface area contributed by atoms with Gasteiger partial charge in [0.15, 0.2) is 5.75 Å². The first-order valence-corrected chi connectivity index (χ1v) is 10.5. The molecule has 2 heterocycles. The van der Waals surface area contributed by atoms with Crippen LogP contribution in [0.4, 0.5) is 18.0 Å². The standard InChI is InChI=1S/C22H25F3N4O5/c1-14(2)32-17-4-3-15(19(10-17)34-22(23,24)25)13-28-5-7-29(8-6-28)21(31)33-18-9-16(20(26)30)11-27-12-18/h3-4,9-12,14H,5-8,13H2,1-2H3,(H2,26,30). The Balaban J connectivity index is 1.60. The lowest BCUT2D eigenvalue weighted by molar-refractivity contribution is -0.275. The lowest BCUT2D eigenvalue weighted by Crippen LogP contribution is -2.49. The van der Waals surface area contributed by atoms with Crippen molar-refractivity contribution in [3.05, 3.63) is 47.8 Å².